The van der Waals surface area contributed by atoms with E-state index in [1.54, 1.807) is 16.7 Å². The Kier molecular flexibility index (Phi) is 5.70. The molecule has 4 atom stereocenters. The number of hydrogen-bond acceptors (Lipinski definition) is 4. The predicted molar refractivity (Wildman–Crippen MR) is 121 cm³/mol. The van der Waals surface area contributed by atoms with Crippen molar-refractivity contribution in [1.82, 2.24) is 14.4 Å². The first-order valence-electron chi connectivity index (χ1n) is 12.1. The smallest absolute Gasteiger partial charge is 0.258 e. The third-order valence-corrected chi connectivity index (χ3v) is 8.08. The number of likely N-dealkylation sites (tertiary alicyclic amines) is 1. The van der Waals surface area contributed by atoms with Gasteiger partial charge in [-0.1, -0.05) is 18.6 Å². The fraction of sp³-hybridized carbons (Fsp3) is 0.640. The minimum atomic E-state index is -0.507. The summed E-state index contributed by atoms with van der Waals surface area (Å²) < 4.78 is 1.75. The van der Waals surface area contributed by atoms with Gasteiger partial charge in [-0.05, 0) is 51.2 Å². The van der Waals surface area contributed by atoms with Crippen molar-refractivity contribution in [1.29, 1.82) is 0 Å². The average Bonchev–Trinajstić information content (AvgIpc) is 3.01. The lowest BCUT2D eigenvalue weighted by molar-refractivity contribution is -0.144. The van der Waals surface area contributed by atoms with Crippen LogP contribution >= 0.6 is 0 Å². The van der Waals surface area contributed by atoms with E-state index >= 15 is 0 Å². The van der Waals surface area contributed by atoms with Crippen LogP contribution in [0.1, 0.15) is 62.7 Å². The number of aliphatic hydroxyl groups is 1. The summed E-state index contributed by atoms with van der Waals surface area (Å²) in [5.74, 6) is -0.740. The molecule has 32 heavy (non-hydrogen) atoms. The molecule has 1 saturated carbocycles. The van der Waals surface area contributed by atoms with Gasteiger partial charge in [-0.15, -0.1) is 0 Å². The zero-order valence-electron chi connectivity index (χ0n) is 18.8. The van der Waals surface area contributed by atoms with Gasteiger partial charge in [0.25, 0.3) is 5.56 Å². The summed E-state index contributed by atoms with van der Waals surface area (Å²) in [6.45, 7) is 3.51. The molecule has 5 rings (SSSR count). The third kappa shape index (κ3) is 3.24. The number of piperidine rings is 1. The van der Waals surface area contributed by atoms with Gasteiger partial charge in [0.2, 0.25) is 11.8 Å². The molecule has 7 heteroatoms. The average molecular weight is 440 g/mol. The summed E-state index contributed by atoms with van der Waals surface area (Å²) >= 11 is 0. The summed E-state index contributed by atoms with van der Waals surface area (Å²) in [6, 6.07) is 2.90. The molecule has 172 valence electrons. The Hall–Kier alpha value is -2.41. The van der Waals surface area contributed by atoms with Crippen molar-refractivity contribution in [3.05, 3.63) is 39.8 Å². The van der Waals surface area contributed by atoms with Crippen LogP contribution in [-0.2, 0) is 16.1 Å². The number of fused-ring (bicyclic) bond motifs is 4. The second-order valence-electron chi connectivity index (χ2n) is 9.77. The first-order valence-corrected chi connectivity index (χ1v) is 12.1. The number of aliphatic hydroxyl groups excluding tert-OH is 1. The monoisotopic (exact) mass is 439 g/mol. The van der Waals surface area contributed by atoms with Gasteiger partial charge in [-0.25, -0.2) is 0 Å². The number of amides is 2. The fourth-order valence-electron chi connectivity index (χ4n) is 6.20. The molecule has 4 heterocycles. The van der Waals surface area contributed by atoms with E-state index in [2.05, 4.69) is 0 Å². The molecule has 1 aromatic heterocycles. The molecule has 0 spiro atoms. The molecular formula is C25H33N3O4. The number of aromatic nitrogens is 1. The molecular weight excluding hydrogens is 406 g/mol. The molecule has 7 nitrogen and oxygen atoms in total. The Bertz CT molecular complexity index is 989. The molecule has 1 N–H and O–H groups in total. The third-order valence-electron chi connectivity index (χ3n) is 8.08. The van der Waals surface area contributed by atoms with Gasteiger partial charge < -0.3 is 19.5 Å². The number of carbonyl (C=O) groups excluding carboxylic acids is 2. The van der Waals surface area contributed by atoms with Gasteiger partial charge in [-0.2, -0.15) is 0 Å². The topological polar surface area (TPSA) is 82.8 Å². The lowest BCUT2D eigenvalue weighted by Gasteiger charge is -2.42. The normalized spacial score (nSPS) is 29.8. The van der Waals surface area contributed by atoms with Gasteiger partial charge in [0.1, 0.15) is 0 Å². The van der Waals surface area contributed by atoms with Crippen LogP contribution in [0.4, 0.5) is 0 Å². The number of allylic oxidation sites excluding steroid dienone is 1. The Labute approximate surface area is 188 Å². The summed E-state index contributed by atoms with van der Waals surface area (Å²) in [5, 5.41) is 10.4. The molecule has 2 amide bonds. The standard InChI is InChI=1S/C25H33N3O4/c1-2-7-16-10-11-19-22-21(25(32)26-12-4-3-5-13-26)18(15-29)20(14-27(19)23(16)30)28(22)24(31)17-8-6-9-17/h2,7,10-11,17-18,20-22,29H,3-6,8-9,12-15H2,1H3/b7-2-/t18-,20-,21+,22+/m0/s1. The SMILES string of the molecule is C/C=C\c1ccc2n(c1=O)C[C@H]1[C@H](CO)[C@@H](C(=O)N3CCCCC3)[C@@H]2N1C(=O)C1CCC1. The second kappa shape index (κ2) is 8.50. The number of nitrogens with zero attached hydrogens (tertiary/aromatic N) is 3. The van der Waals surface area contributed by atoms with E-state index in [1.165, 1.54) is 0 Å². The van der Waals surface area contributed by atoms with Gasteiger partial charge in [0.15, 0.2) is 0 Å². The van der Waals surface area contributed by atoms with Crippen molar-refractivity contribution in [2.75, 3.05) is 19.7 Å². The predicted octanol–water partition coefficient (Wildman–Crippen LogP) is 2.18. The zero-order valence-corrected chi connectivity index (χ0v) is 18.8. The molecule has 0 aromatic carbocycles. The maximum Gasteiger partial charge on any atom is 0.258 e. The van der Waals surface area contributed by atoms with E-state index in [0.717, 1.165) is 57.3 Å². The maximum absolute atomic E-state index is 13.8. The molecule has 3 aliphatic heterocycles. The lowest BCUT2D eigenvalue weighted by Crippen LogP contribution is -2.52. The number of rotatable bonds is 4. The lowest BCUT2D eigenvalue weighted by atomic mass is 9.83. The van der Waals surface area contributed by atoms with Gasteiger partial charge in [-0.3, -0.25) is 14.4 Å². The number of carbonyl (C=O) groups is 2. The molecule has 1 aliphatic carbocycles. The van der Waals surface area contributed by atoms with Crippen LogP contribution in [0.3, 0.4) is 0 Å². The molecule has 0 unspecified atom stereocenters. The first kappa shape index (κ1) is 21.4. The van der Waals surface area contributed by atoms with E-state index in [9.17, 15) is 19.5 Å². The zero-order chi connectivity index (χ0) is 22.4. The maximum atomic E-state index is 13.8. The summed E-state index contributed by atoms with van der Waals surface area (Å²) in [4.78, 5) is 44.3. The molecule has 2 bridgehead atoms. The Balaban J connectivity index is 1.61. The molecule has 4 aliphatic rings. The van der Waals surface area contributed by atoms with Gasteiger partial charge in [0, 0.05) is 49.3 Å². The minimum absolute atomic E-state index is 0.00347. The van der Waals surface area contributed by atoms with Crippen LogP contribution in [0, 0.1) is 17.8 Å². The quantitative estimate of drug-likeness (QED) is 0.780. The van der Waals surface area contributed by atoms with E-state index < -0.39 is 12.0 Å². The highest BCUT2D eigenvalue weighted by Crippen LogP contribution is 2.50. The van der Waals surface area contributed by atoms with Crippen LogP contribution in [-0.4, -0.2) is 57.0 Å². The van der Waals surface area contributed by atoms with Crippen LogP contribution in [0.5, 0.6) is 0 Å². The minimum Gasteiger partial charge on any atom is -0.396 e. The highest BCUT2D eigenvalue weighted by Gasteiger charge is 2.58. The van der Waals surface area contributed by atoms with Crippen molar-refractivity contribution in [2.45, 2.75) is 64.1 Å². The Morgan fingerprint density at radius 1 is 1.09 bits per heavy atom. The van der Waals surface area contributed by atoms with E-state index in [-0.39, 0.29) is 41.9 Å². The fourth-order valence-corrected chi connectivity index (χ4v) is 6.20. The summed E-state index contributed by atoms with van der Waals surface area (Å²) in [5.41, 5.74) is 1.25. The summed E-state index contributed by atoms with van der Waals surface area (Å²) in [6.07, 6.45) is 9.57. The van der Waals surface area contributed by atoms with Gasteiger partial charge >= 0.3 is 0 Å². The largest absolute Gasteiger partial charge is 0.396 e. The van der Waals surface area contributed by atoms with E-state index in [4.69, 9.17) is 0 Å². The summed E-state index contributed by atoms with van der Waals surface area (Å²) in [7, 11) is 0. The number of pyridine rings is 1. The van der Waals surface area contributed by atoms with Crippen molar-refractivity contribution in [2.24, 2.45) is 17.8 Å². The highest BCUT2D eigenvalue weighted by atomic mass is 16.3. The second-order valence-corrected chi connectivity index (χ2v) is 9.77. The van der Waals surface area contributed by atoms with Crippen LogP contribution in [0.25, 0.3) is 6.08 Å². The van der Waals surface area contributed by atoms with Crippen molar-refractivity contribution < 1.29 is 14.7 Å². The molecule has 2 saturated heterocycles. The van der Waals surface area contributed by atoms with E-state index in [1.807, 2.05) is 28.9 Å². The van der Waals surface area contributed by atoms with Crippen molar-refractivity contribution >= 4 is 17.9 Å². The molecule has 1 aromatic rings. The van der Waals surface area contributed by atoms with E-state index in [0.29, 0.717) is 12.1 Å². The van der Waals surface area contributed by atoms with Gasteiger partial charge in [0.05, 0.1) is 18.0 Å². The van der Waals surface area contributed by atoms with Crippen LogP contribution < -0.4 is 5.56 Å². The molecule has 3 fully saturated rings. The van der Waals surface area contributed by atoms with Crippen molar-refractivity contribution in [3.8, 4) is 0 Å². The van der Waals surface area contributed by atoms with Crippen LogP contribution in [0.15, 0.2) is 23.0 Å². The highest BCUT2D eigenvalue weighted by molar-refractivity contribution is 5.86. The molecule has 0 radical (unpaired) electrons. The number of hydrogen-bond donors (Lipinski definition) is 1. The van der Waals surface area contributed by atoms with Crippen LogP contribution in [0.2, 0.25) is 0 Å². The Morgan fingerprint density at radius 3 is 2.47 bits per heavy atom. The first-order chi connectivity index (χ1) is 15.6. The Morgan fingerprint density at radius 2 is 1.84 bits per heavy atom. The van der Waals surface area contributed by atoms with Crippen molar-refractivity contribution in [3.63, 3.8) is 0 Å².